The number of fused-ring (bicyclic) bond motifs is 4. The largest absolute Gasteiger partial charge is 0.459 e. The Bertz CT molecular complexity index is 445. The number of hydrogen-bond donors (Lipinski definition) is 0. The highest BCUT2D eigenvalue weighted by Crippen LogP contribution is 2.26. The first-order chi connectivity index (χ1) is 8.72. The zero-order valence-electron chi connectivity index (χ0n) is 9.93. The van der Waals surface area contributed by atoms with Gasteiger partial charge in [-0.15, -0.1) is 0 Å². The van der Waals surface area contributed by atoms with Crippen LogP contribution < -0.4 is 0 Å². The Morgan fingerprint density at radius 3 is 1.72 bits per heavy atom. The summed E-state index contributed by atoms with van der Waals surface area (Å²) in [4.78, 5) is 23.9. The van der Waals surface area contributed by atoms with Crippen molar-refractivity contribution in [1.29, 1.82) is 0 Å². The van der Waals surface area contributed by atoms with Gasteiger partial charge in [0.2, 0.25) is 0 Å². The summed E-state index contributed by atoms with van der Waals surface area (Å²) in [5.41, 5.74) is 0.824. The van der Waals surface area contributed by atoms with E-state index in [1.165, 1.54) is 6.07 Å². The second kappa shape index (κ2) is 4.44. The van der Waals surface area contributed by atoms with E-state index in [4.69, 9.17) is 9.47 Å². The fourth-order valence-corrected chi connectivity index (χ4v) is 2.48. The van der Waals surface area contributed by atoms with Crippen molar-refractivity contribution in [3.63, 3.8) is 0 Å². The van der Waals surface area contributed by atoms with Gasteiger partial charge in [-0.2, -0.15) is 0 Å². The number of hydrogen-bond acceptors (Lipinski definition) is 4. The van der Waals surface area contributed by atoms with E-state index in [1.807, 2.05) is 0 Å². The fourth-order valence-electron chi connectivity index (χ4n) is 2.48. The molecule has 4 bridgehead atoms. The van der Waals surface area contributed by atoms with Gasteiger partial charge in [-0.05, 0) is 43.9 Å². The second-order valence-electron chi connectivity index (χ2n) is 4.79. The van der Waals surface area contributed by atoms with E-state index in [9.17, 15) is 9.59 Å². The van der Waals surface area contributed by atoms with E-state index in [0.717, 1.165) is 25.7 Å². The molecule has 0 unspecified atom stereocenters. The normalized spacial score (nSPS) is 27.1. The zero-order chi connectivity index (χ0) is 12.5. The van der Waals surface area contributed by atoms with Crippen LogP contribution in [0, 0.1) is 0 Å². The summed E-state index contributed by atoms with van der Waals surface area (Å²) in [5, 5.41) is 0. The van der Waals surface area contributed by atoms with E-state index in [2.05, 4.69) is 0 Å². The van der Waals surface area contributed by atoms with Crippen LogP contribution in [0.3, 0.4) is 0 Å². The van der Waals surface area contributed by atoms with Crippen LogP contribution in [0.1, 0.15) is 46.4 Å². The van der Waals surface area contributed by atoms with Gasteiger partial charge in [-0.3, -0.25) is 0 Å². The van der Waals surface area contributed by atoms with E-state index < -0.39 is 0 Å². The molecule has 18 heavy (non-hydrogen) atoms. The Balaban J connectivity index is 1.98. The van der Waals surface area contributed by atoms with Gasteiger partial charge in [0, 0.05) is 0 Å². The van der Waals surface area contributed by atoms with Crippen LogP contribution in [0.15, 0.2) is 24.3 Å². The molecular weight excluding hydrogens is 232 g/mol. The third-order valence-electron chi connectivity index (χ3n) is 3.50. The highest BCUT2D eigenvalue weighted by Gasteiger charge is 2.28. The van der Waals surface area contributed by atoms with Crippen LogP contribution in [-0.4, -0.2) is 24.1 Å². The van der Waals surface area contributed by atoms with Gasteiger partial charge < -0.3 is 9.47 Å². The highest BCUT2D eigenvalue weighted by molar-refractivity contribution is 5.95. The van der Waals surface area contributed by atoms with E-state index in [-0.39, 0.29) is 24.1 Å². The fraction of sp³-hybridized carbons (Fsp3) is 0.429. The van der Waals surface area contributed by atoms with Crippen molar-refractivity contribution in [1.82, 2.24) is 0 Å². The Morgan fingerprint density at radius 2 is 1.28 bits per heavy atom. The third kappa shape index (κ3) is 2.10. The Hall–Kier alpha value is -1.84. The molecule has 1 fully saturated rings. The minimum absolute atomic E-state index is 0.0470. The summed E-state index contributed by atoms with van der Waals surface area (Å²) in [6, 6.07) is 6.52. The van der Waals surface area contributed by atoms with Crippen molar-refractivity contribution >= 4 is 11.9 Å². The summed E-state index contributed by atoms with van der Waals surface area (Å²) in [7, 11) is 0. The molecule has 1 aliphatic carbocycles. The maximum atomic E-state index is 11.9. The molecule has 0 saturated heterocycles. The van der Waals surface area contributed by atoms with Crippen molar-refractivity contribution in [3.8, 4) is 0 Å². The van der Waals surface area contributed by atoms with Crippen LogP contribution >= 0.6 is 0 Å². The first-order valence-corrected chi connectivity index (χ1v) is 6.24. The monoisotopic (exact) mass is 246 g/mol. The third-order valence-corrected chi connectivity index (χ3v) is 3.50. The average molecular weight is 246 g/mol. The number of carbonyl (C=O) groups excluding carboxylic acids is 2. The molecule has 0 amide bonds. The maximum Gasteiger partial charge on any atom is 0.338 e. The number of benzene rings is 1. The molecule has 0 spiro atoms. The second-order valence-corrected chi connectivity index (χ2v) is 4.79. The highest BCUT2D eigenvalue weighted by atomic mass is 16.6. The van der Waals surface area contributed by atoms with Crippen LogP contribution in [0.4, 0.5) is 0 Å². The SMILES string of the molecule is O=C1OC2CCC(CC2)OC(=O)c2cccc1c2. The van der Waals surface area contributed by atoms with Crippen LogP contribution in [0.25, 0.3) is 0 Å². The summed E-state index contributed by atoms with van der Waals surface area (Å²) in [5.74, 6) is -0.704. The van der Waals surface area contributed by atoms with Gasteiger partial charge in [0.05, 0.1) is 11.1 Å². The van der Waals surface area contributed by atoms with E-state index in [1.54, 1.807) is 18.2 Å². The average Bonchev–Trinajstić information content (AvgIpc) is 2.42. The molecule has 4 rings (SSSR count). The van der Waals surface area contributed by atoms with E-state index >= 15 is 0 Å². The van der Waals surface area contributed by atoms with Gasteiger partial charge in [0.25, 0.3) is 0 Å². The van der Waals surface area contributed by atoms with Crippen molar-refractivity contribution in [3.05, 3.63) is 35.4 Å². The molecule has 0 aromatic heterocycles. The lowest BCUT2D eigenvalue weighted by molar-refractivity contribution is -0.00985. The molecule has 4 heteroatoms. The Kier molecular flexibility index (Phi) is 2.78. The summed E-state index contributed by atoms with van der Waals surface area (Å²) in [6.45, 7) is 0. The quantitative estimate of drug-likeness (QED) is 0.659. The van der Waals surface area contributed by atoms with E-state index in [0.29, 0.717) is 11.1 Å². The van der Waals surface area contributed by atoms with Crippen LogP contribution in [-0.2, 0) is 9.47 Å². The predicted octanol–water partition coefficient (Wildman–Crippen LogP) is 2.33. The van der Waals surface area contributed by atoms with Crippen LogP contribution in [0.5, 0.6) is 0 Å². The lowest BCUT2D eigenvalue weighted by atomic mass is 9.95. The van der Waals surface area contributed by atoms with Gasteiger partial charge in [0.1, 0.15) is 12.2 Å². The molecule has 0 atom stereocenters. The standard InChI is InChI=1S/C14H14O4/c15-13-9-2-1-3-10(8-9)14(16)18-12-6-4-11(17-13)5-7-12/h1-3,8,11-12H,4-7H2. The van der Waals surface area contributed by atoms with Crippen LogP contribution in [0.2, 0.25) is 0 Å². The number of carbonyl (C=O) groups is 2. The Labute approximate surface area is 105 Å². The molecule has 0 N–H and O–H groups in total. The first kappa shape index (κ1) is 11.3. The molecule has 2 heterocycles. The Morgan fingerprint density at radius 1 is 0.833 bits per heavy atom. The van der Waals surface area contributed by atoms with Gasteiger partial charge in [-0.25, -0.2) is 9.59 Å². The zero-order valence-corrected chi connectivity index (χ0v) is 9.93. The lowest BCUT2D eigenvalue weighted by Gasteiger charge is -2.27. The molecule has 0 radical (unpaired) electrons. The van der Waals surface area contributed by atoms with Crippen molar-refractivity contribution in [2.24, 2.45) is 0 Å². The summed E-state index contributed by atoms with van der Waals surface area (Å²) >= 11 is 0. The molecular formula is C14H14O4. The number of ether oxygens (including phenoxy) is 2. The summed E-state index contributed by atoms with van der Waals surface area (Å²) in [6.07, 6.45) is 2.96. The first-order valence-electron chi connectivity index (χ1n) is 6.24. The lowest BCUT2D eigenvalue weighted by Crippen LogP contribution is -2.28. The molecule has 1 aromatic rings. The topological polar surface area (TPSA) is 52.6 Å². The molecule has 3 aliphatic rings. The minimum Gasteiger partial charge on any atom is -0.459 e. The van der Waals surface area contributed by atoms with Crippen molar-refractivity contribution in [2.45, 2.75) is 37.9 Å². The summed E-state index contributed by atoms with van der Waals surface area (Å²) < 4.78 is 10.9. The molecule has 1 aromatic carbocycles. The molecule has 1 saturated carbocycles. The predicted molar refractivity (Wildman–Crippen MR) is 63.3 cm³/mol. The van der Waals surface area contributed by atoms with Crippen molar-refractivity contribution in [2.75, 3.05) is 0 Å². The minimum atomic E-state index is -0.352. The van der Waals surface area contributed by atoms with Gasteiger partial charge in [0.15, 0.2) is 0 Å². The van der Waals surface area contributed by atoms with Gasteiger partial charge in [-0.1, -0.05) is 6.07 Å². The van der Waals surface area contributed by atoms with Crippen molar-refractivity contribution < 1.29 is 19.1 Å². The molecule has 94 valence electrons. The van der Waals surface area contributed by atoms with Gasteiger partial charge >= 0.3 is 11.9 Å². The number of esters is 2. The smallest absolute Gasteiger partial charge is 0.338 e. The number of rotatable bonds is 0. The molecule has 2 aliphatic heterocycles. The molecule has 4 nitrogen and oxygen atoms in total. The maximum absolute atomic E-state index is 11.9.